The predicted octanol–water partition coefficient (Wildman–Crippen LogP) is 2.67. The van der Waals surface area contributed by atoms with Crippen LogP contribution in [-0.2, 0) is 0 Å². The van der Waals surface area contributed by atoms with Gasteiger partial charge in [-0.05, 0) is 30.8 Å². The Labute approximate surface area is 71.6 Å². The molecule has 1 unspecified atom stereocenters. The second-order valence-corrected chi connectivity index (χ2v) is 4.41. The van der Waals surface area contributed by atoms with Gasteiger partial charge in [0.15, 0.2) is 0 Å². The van der Waals surface area contributed by atoms with Gasteiger partial charge in [-0.25, -0.2) is 0 Å². The maximum atomic E-state index is 3.35. The lowest BCUT2D eigenvalue weighted by Crippen LogP contribution is -2.23. The first kappa shape index (κ1) is 11.0. The van der Waals surface area contributed by atoms with Crippen molar-refractivity contribution in [2.24, 2.45) is 11.3 Å². The van der Waals surface area contributed by atoms with Gasteiger partial charge in [0.2, 0.25) is 0 Å². The van der Waals surface area contributed by atoms with Crippen molar-refractivity contribution >= 4 is 0 Å². The molecule has 0 aromatic rings. The van der Waals surface area contributed by atoms with Gasteiger partial charge in [-0.1, -0.05) is 34.6 Å². The van der Waals surface area contributed by atoms with Crippen LogP contribution >= 0.6 is 0 Å². The lowest BCUT2D eigenvalue weighted by atomic mass is 9.80. The van der Waals surface area contributed by atoms with Crippen LogP contribution in [0.5, 0.6) is 0 Å². The third-order valence-corrected chi connectivity index (χ3v) is 2.48. The molecule has 0 saturated carbocycles. The van der Waals surface area contributed by atoms with Gasteiger partial charge >= 0.3 is 0 Å². The van der Waals surface area contributed by atoms with Crippen LogP contribution in [0, 0.1) is 11.3 Å². The van der Waals surface area contributed by atoms with Crippen LogP contribution < -0.4 is 5.32 Å². The molecule has 0 aliphatic carbocycles. The third kappa shape index (κ3) is 5.25. The van der Waals surface area contributed by atoms with E-state index in [9.17, 15) is 0 Å². The van der Waals surface area contributed by atoms with Crippen LogP contribution in [0.2, 0.25) is 0 Å². The number of hydrogen-bond donors (Lipinski definition) is 1. The van der Waals surface area contributed by atoms with Gasteiger partial charge in [-0.3, -0.25) is 0 Å². The van der Waals surface area contributed by atoms with Crippen molar-refractivity contribution in [1.82, 2.24) is 5.32 Å². The van der Waals surface area contributed by atoms with E-state index in [0.29, 0.717) is 5.41 Å². The van der Waals surface area contributed by atoms with Gasteiger partial charge in [0.25, 0.3) is 0 Å². The van der Waals surface area contributed by atoms with Crippen molar-refractivity contribution in [1.29, 1.82) is 0 Å². The molecule has 0 aliphatic rings. The summed E-state index contributed by atoms with van der Waals surface area (Å²) in [6, 6.07) is 0. The zero-order valence-electron chi connectivity index (χ0n) is 8.70. The Morgan fingerprint density at radius 1 is 1.27 bits per heavy atom. The van der Waals surface area contributed by atoms with E-state index in [4.69, 9.17) is 0 Å². The second-order valence-electron chi connectivity index (χ2n) is 4.41. The molecular weight excluding hydrogens is 134 g/mol. The summed E-state index contributed by atoms with van der Waals surface area (Å²) in [5.74, 6) is 0.807. The molecule has 0 aromatic carbocycles. The summed E-state index contributed by atoms with van der Waals surface area (Å²) in [6.45, 7) is 13.7. The fraction of sp³-hybridized carbons (Fsp3) is 1.00. The van der Waals surface area contributed by atoms with Crippen LogP contribution in [0.25, 0.3) is 0 Å². The van der Waals surface area contributed by atoms with Gasteiger partial charge in [0.05, 0.1) is 0 Å². The molecule has 0 amide bonds. The van der Waals surface area contributed by atoms with E-state index in [2.05, 4.69) is 39.9 Å². The first-order valence-corrected chi connectivity index (χ1v) is 4.69. The molecular formula is C10H23N. The summed E-state index contributed by atoms with van der Waals surface area (Å²) >= 11 is 0. The summed E-state index contributed by atoms with van der Waals surface area (Å²) in [5.41, 5.74) is 0.468. The molecule has 0 aliphatic heterocycles. The van der Waals surface area contributed by atoms with Crippen molar-refractivity contribution in [2.75, 3.05) is 13.1 Å². The smallest absolute Gasteiger partial charge is 0.00463 e. The van der Waals surface area contributed by atoms with Crippen LogP contribution in [0.4, 0.5) is 0 Å². The summed E-state index contributed by atoms with van der Waals surface area (Å²) in [5, 5.41) is 3.35. The monoisotopic (exact) mass is 157 g/mol. The Morgan fingerprint density at radius 2 is 1.82 bits per heavy atom. The zero-order chi connectivity index (χ0) is 8.91. The highest BCUT2D eigenvalue weighted by atomic mass is 14.8. The highest BCUT2D eigenvalue weighted by Crippen LogP contribution is 2.27. The number of rotatable bonds is 4. The Balaban J connectivity index is 3.44. The fourth-order valence-electron chi connectivity index (χ4n) is 0.928. The zero-order valence-corrected chi connectivity index (χ0v) is 8.70. The van der Waals surface area contributed by atoms with Gasteiger partial charge < -0.3 is 5.32 Å². The summed E-state index contributed by atoms with van der Waals surface area (Å²) in [4.78, 5) is 0. The Morgan fingerprint density at radius 3 is 2.18 bits per heavy atom. The average Bonchev–Trinajstić information content (AvgIpc) is 1.86. The molecule has 0 aromatic heterocycles. The standard InChI is InChI=1S/C10H23N/c1-6-11-8-7-9(2)10(3,4)5/h9,11H,6-8H2,1-5H3. The summed E-state index contributed by atoms with van der Waals surface area (Å²) in [7, 11) is 0. The predicted molar refractivity (Wildman–Crippen MR) is 51.8 cm³/mol. The largest absolute Gasteiger partial charge is 0.317 e. The SMILES string of the molecule is CCNCCC(C)C(C)(C)C. The van der Waals surface area contributed by atoms with Crippen molar-refractivity contribution < 1.29 is 0 Å². The highest BCUT2D eigenvalue weighted by molar-refractivity contribution is 4.70. The molecule has 0 fully saturated rings. The molecule has 1 atom stereocenters. The van der Waals surface area contributed by atoms with Crippen LogP contribution in [0.15, 0.2) is 0 Å². The molecule has 0 bridgehead atoms. The van der Waals surface area contributed by atoms with E-state index in [1.165, 1.54) is 6.42 Å². The van der Waals surface area contributed by atoms with Crippen LogP contribution in [-0.4, -0.2) is 13.1 Å². The van der Waals surface area contributed by atoms with Crippen LogP contribution in [0.3, 0.4) is 0 Å². The Kier molecular flexibility index (Phi) is 4.74. The van der Waals surface area contributed by atoms with Crippen LogP contribution in [0.1, 0.15) is 41.0 Å². The minimum atomic E-state index is 0.468. The van der Waals surface area contributed by atoms with E-state index in [1.807, 2.05) is 0 Å². The summed E-state index contributed by atoms with van der Waals surface area (Å²) in [6.07, 6.45) is 1.29. The fourth-order valence-corrected chi connectivity index (χ4v) is 0.928. The minimum absolute atomic E-state index is 0.468. The maximum Gasteiger partial charge on any atom is -0.00463 e. The third-order valence-electron chi connectivity index (χ3n) is 2.48. The van der Waals surface area contributed by atoms with Gasteiger partial charge in [0, 0.05) is 0 Å². The topological polar surface area (TPSA) is 12.0 Å². The Hall–Kier alpha value is -0.0400. The highest BCUT2D eigenvalue weighted by Gasteiger charge is 2.18. The summed E-state index contributed by atoms with van der Waals surface area (Å²) < 4.78 is 0. The second kappa shape index (κ2) is 4.76. The quantitative estimate of drug-likeness (QED) is 0.619. The molecule has 11 heavy (non-hydrogen) atoms. The number of nitrogens with one attached hydrogen (secondary N) is 1. The van der Waals surface area contributed by atoms with Crippen molar-refractivity contribution in [3.63, 3.8) is 0 Å². The van der Waals surface area contributed by atoms with Crippen molar-refractivity contribution in [2.45, 2.75) is 41.0 Å². The molecule has 0 radical (unpaired) electrons. The molecule has 0 heterocycles. The lowest BCUT2D eigenvalue weighted by Gasteiger charge is -2.27. The lowest BCUT2D eigenvalue weighted by molar-refractivity contribution is 0.245. The molecule has 68 valence electrons. The normalized spacial score (nSPS) is 15.0. The first-order chi connectivity index (χ1) is 4.98. The van der Waals surface area contributed by atoms with Gasteiger partial charge in [-0.2, -0.15) is 0 Å². The maximum absolute atomic E-state index is 3.35. The van der Waals surface area contributed by atoms with E-state index in [0.717, 1.165) is 19.0 Å². The van der Waals surface area contributed by atoms with Crippen molar-refractivity contribution in [3.8, 4) is 0 Å². The molecule has 1 N–H and O–H groups in total. The van der Waals surface area contributed by atoms with Gasteiger partial charge in [-0.15, -0.1) is 0 Å². The molecule has 1 heteroatoms. The van der Waals surface area contributed by atoms with Gasteiger partial charge in [0.1, 0.15) is 0 Å². The van der Waals surface area contributed by atoms with E-state index in [1.54, 1.807) is 0 Å². The van der Waals surface area contributed by atoms with E-state index >= 15 is 0 Å². The average molecular weight is 157 g/mol. The first-order valence-electron chi connectivity index (χ1n) is 4.69. The van der Waals surface area contributed by atoms with Crippen molar-refractivity contribution in [3.05, 3.63) is 0 Å². The Bertz CT molecular complexity index is 91.5. The number of hydrogen-bond acceptors (Lipinski definition) is 1. The molecule has 0 spiro atoms. The van der Waals surface area contributed by atoms with E-state index in [-0.39, 0.29) is 0 Å². The minimum Gasteiger partial charge on any atom is -0.317 e. The molecule has 1 nitrogen and oxygen atoms in total. The molecule has 0 saturated heterocycles. The molecule has 0 rings (SSSR count). The van der Waals surface area contributed by atoms with E-state index < -0.39 is 0 Å².